The fourth-order valence-electron chi connectivity index (χ4n) is 3.63. The van der Waals surface area contributed by atoms with E-state index in [-0.39, 0.29) is 5.75 Å². The zero-order valence-corrected chi connectivity index (χ0v) is 18.0. The van der Waals surface area contributed by atoms with Crippen LogP contribution < -0.4 is 18.9 Å². The largest absolute Gasteiger partial charge is 0.493 e. The van der Waals surface area contributed by atoms with Crippen LogP contribution >= 0.6 is 0 Å². The monoisotopic (exact) mass is 461 g/mol. The van der Waals surface area contributed by atoms with Crippen LogP contribution in [0.25, 0.3) is 33.1 Å². The molecular weight excluding hydrogens is 443 g/mol. The van der Waals surface area contributed by atoms with Gasteiger partial charge in [-0.1, -0.05) is 0 Å². The van der Waals surface area contributed by atoms with E-state index in [4.69, 9.17) is 14.2 Å². The maximum Gasteiger partial charge on any atom is 0.491 e. The fourth-order valence-corrected chi connectivity index (χ4v) is 3.63. The lowest BCUT2D eigenvalue weighted by Crippen LogP contribution is -2.27. The molecule has 0 bridgehead atoms. The number of rotatable bonds is 5. The number of nitrogens with one attached hydrogen (secondary N) is 1. The highest BCUT2D eigenvalue weighted by molar-refractivity contribution is 6.15. The maximum absolute atomic E-state index is 12.5. The maximum atomic E-state index is 12.5. The van der Waals surface area contributed by atoms with Gasteiger partial charge in [-0.05, 0) is 37.3 Å². The molecule has 0 radical (unpaired) electrons. The third-order valence-electron chi connectivity index (χ3n) is 5.06. The van der Waals surface area contributed by atoms with Crippen LogP contribution in [-0.2, 0) is 4.79 Å². The molecule has 0 spiro atoms. The molecule has 8 nitrogen and oxygen atoms in total. The molecule has 33 heavy (non-hydrogen) atoms. The van der Waals surface area contributed by atoms with Crippen molar-refractivity contribution < 1.29 is 36.9 Å². The van der Waals surface area contributed by atoms with Crippen molar-refractivity contribution in [2.45, 2.75) is 13.1 Å². The number of hydrogen-bond acceptors (Lipinski definition) is 7. The molecule has 0 fully saturated rings. The summed E-state index contributed by atoms with van der Waals surface area (Å²) in [5.74, 6) is -1.33. The molecular formula is C22H18F3N3O5. The number of aryl methyl sites for hydroxylation is 1. The van der Waals surface area contributed by atoms with Gasteiger partial charge in [0.25, 0.3) is 0 Å². The number of pyridine rings is 1. The van der Waals surface area contributed by atoms with Crippen LogP contribution in [0.1, 0.15) is 5.69 Å². The van der Waals surface area contributed by atoms with Crippen LogP contribution in [0, 0.1) is 6.92 Å². The van der Waals surface area contributed by atoms with Crippen LogP contribution in [0.4, 0.5) is 13.2 Å². The van der Waals surface area contributed by atoms with E-state index in [0.29, 0.717) is 50.6 Å². The smallest absolute Gasteiger partial charge is 0.491 e. The number of nitrogens with zero attached hydrogens (tertiary/aromatic N) is 2. The minimum Gasteiger partial charge on any atom is -0.493 e. The molecule has 4 rings (SSSR count). The van der Waals surface area contributed by atoms with Crippen LogP contribution in [0.15, 0.2) is 30.3 Å². The number of methoxy groups -OCH3 is 3. The Kier molecular flexibility index (Phi) is 5.48. The second-order valence-corrected chi connectivity index (χ2v) is 6.97. The van der Waals surface area contributed by atoms with Gasteiger partial charge in [-0.25, -0.2) is 9.78 Å². The van der Waals surface area contributed by atoms with Crippen molar-refractivity contribution in [1.82, 2.24) is 15.2 Å². The molecule has 0 amide bonds. The fraction of sp³-hybridized carbons (Fsp3) is 0.227. The molecule has 0 aliphatic carbocycles. The number of esters is 1. The van der Waals surface area contributed by atoms with Crippen molar-refractivity contribution in [2.75, 3.05) is 21.3 Å². The standard InChI is InChI=1S/C22H18F3N3O5/c1-10-15-16-13(9-14(30-2)18(31-3)19(16)32-4)17(26-20(15)28-27-10)11-5-7-12(8-6-11)33-21(29)22(23,24)25/h5-9H,1-4H3,(H,26,27,28). The Labute approximate surface area is 185 Å². The number of carbonyl (C=O) groups excluding carboxylic acids is 1. The molecule has 0 saturated heterocycles. The van der Waals surface area contributed by atoms with Crippen LogP contribution in [-0.4, -0.2) is 48.7 Å². The third kappa shape index (κ3) is 3.75. The number of fused-ring (bicyclic) bond motifs is 3. The number of carbonyl (C=O) groups is 1. The SMILES string of the molecule is COc1cc2c(-c3ccc(OC(=O)C(F)(F)F)cc3)nc3[nH]nc(C)c3c2c(OC)c1OC. The van der Waals surface area contributed by atoms with E-state index in [1.807, 2.05) is 6.92 Å². The first-order valence-electron chi connectivity index (χ1n) is 9.56. The van der Waals surface area contributed by atoms with E-state index in [9.17, 15) is 18.0 Å². The van der Waals surface area contributed by atoms with Gasteiger partial charge in [0.05, 0.1) is 38.1 Å². The molecule has 11 heteroatoms. The normalized spacial score (nSPS) is 11.6. The summed E-state index contributed by atoms with van der Waals surface area (Å²) >= 11 is 0. The number of H-pyrrole nitrogens is 1. The molecule has 2 aromatic heterocycles. The summed E-state index contributed by atoms with van der Waals surface area (Å²) in [6.45, 7) is 1.82. The van der Waals surface area contributed by atoms with Crippen molar-refractivity contribution in [3.63, 3.8) is 0 Å². The van der Waals surface area contributed by atoms with Crippen molar-refractivity contribution in [2.24, 2.45) is 0 Å². The number of halogens is 3. The molecule has 1 N–H and O–H groups in total. The number of alkyl halides is 3. The summed E-state index contributed by atoms with van der Waals surface area (Å²) in [6, 6.07) is 7.25. The van der Waals surface area contributed by atoms with Gasteiger partial charge in [-0.15, -0.1) is 0 Å². The predicted octanol–water partition coefficient (Wildman–Crippen LogP) is 4.58. The second-order valence-electron chi connectivity index (χ2n) is 6.97. The van der Waals surface area contributed by atoms with Crippen LogP contribution in [0.3, 0.4) is 0 Å². The van der Waals surface area contributed by atoms with Crippen molar-refractivity contribution in [3.8, 4) is 34.3 Å². The Morgan fingerprint density at radius 2 is 1.64 bits per heavy atom. The van der Waals surface area contributed by atoms with E-state index in [2.05, 4.69) is 19.9 Å². The summed E-state index contributed by atoms with van der Waals surface area (Å²) < 4.78 is 58.5. The quantitative estimate of drug-likeness (QED) is 0.343. The number of ether oxygens (including phenoxy) is 4. The van der Waals surface area contributed by atoms with Crippen LogP contribution in [0.5, 0.6) is 23.0 Å². The van der Waals surface area contributed by atoms with E-state index < -0.39 is 12.1 Å². The minimum atomic E-state index is -5.09. The van der Waals surface area contributed by atoms with Gasteiger partial charge >= 0.3 is 12.1 Å². The van der Waals surface area contributed by atoms with Gasteiger partial charge in [-0.3, -0.25) is 5.10 Å². The topological polar surface area (TPSA) is 95.6 Å². The highest BCUT2D eigenvalue weighted by Gasteiger charge is 2.41. The lowest BCUT2D eigenvalue weighted by atomic mass is 9.99. The highest BCUT2D eigenvalue weighted by atomic mass is 19.4. The molecule has 0 atom stereocenters. The first-order chi connectivity index (χ1) is 15.7. The van der Waals surface area contributed by atoms with E-state index >= 15 is 0 Å². The minimum absolute atomic E-state index is 0.249. The average molecular weight is 461 g/mol. The molecule has 0 aliphatic rings. The van der Waals surface area contributed by atoms with Gasteiger partial charge in [0.15, 0.2) is 17.1 Å². The van der Waals surface area contributed by atoms with E-state index in [1.54, 1.807) is 6.07 Å². The van der Waals surface area contributed by atoms with Gasteiger partial charge in [0.1, 0.15) is 5.75 Å². The van der Waals surface area contributed by atoms with E-state index in [0.717, 1.165) is 5.39 Å². The van der Waals surface area contributed by atoms with Gasteiger partial charge in [0.2, 0.25) is 5.75 Å². The molecule has 2 heterocycles. The first kappa shape index (κ1) is 22.2. The Bertz CT molecular complexity index is 1360. The van der Waals surface area contributed by atoms with Crippen molar-refractivity contribution in [1.29, 1.82) is 0 Å². The third-order valence-corrected chi connectivity index (χ3v) is 5.06. The zero-order chi connectivity index (χ0) is 23.9. The Morgan fingerprint density at radius 3 is 2.21 bits per heavy atom. The molecule has 2 aromatic carbocycles. The van der Waals surface area contributed by atoms with Gasteiger partial charge < -0.3 is 18.9 Å². The van der Waals surface area contributed by atoms with E-state index in [1.165, 1.54) is 45.6 Å². The number of hydrogen-bond donors (Lipinski definition) is 1. The summed E-state index contributed by atoms with van der Waals surface area (Å²) in [7, 11) is 4.48. The average Bonchev–Trinajstić information content (AvgIpc) is 3.17. The molecule has 0 saturated carbocycles. The zero-order valence-electron chi connectivity index (χ0n) is 18.0. The number of aromatic amines is 1. The molecule has 0 aliphatic heterocycles. The van der Waals surface area contributed by atoms with Gasteiger partial charge in [0, 0.05) is 16.3 Å². The van der Waals surface area contributed by atoms with Crippen LogP contribution in [0.2, 0.25) is 0 Å². The number of aromatic nitrogens is 3. The predicted molar refractivity (Wildman–Crippen MR) is 113 cm³/mol. The molecule has 0 unspecified atom stereocenters. The van der Waals surface area contributed by atoms with Crippen molar-refractivity contribution in [3.05, 3.63) is 36.0 Å². The lowest BCUT2D eigenvalue weighted by Gasteiger charge is -2.17. The Morgan fingerprint density at radius 1 is 0.970 bits per heavy atom. The molecule has 4 aromatic rings. The summed E-state index contributed by atoms with van der Waals surface area (Å²) in [4.78, 5) is 15.8. The van der Waals surface area contributed by atoms with Crippen molar-refractivity contribution >= 4 is 27.8 Å². The summed E-state index contributed by atoms with van der Waals surface area (Å²) in [6.07, 6.45) is -5.09. The second kappa shape index (κ2) is 8.15. The summed E-state index contributed by atoms with van der Waals surface area (Å²) in [5, 5.41) is 9.16. The number of benzene rings is 2. The lowest BCUT2D eigenvalue weighted by molar-refractivity contribution is -0.189. The highest BCUT2D eigenvalue weighted by Crippen LogP contribution is 2.48. The summed E-state index contributed by atoms with van der Waals surface area (Å²) in [5.41, 5.74) is 2.20. The Balaban J connectivity index is 1.95. The first-order valence-corrected chi connectivity index (χ1v) is 9.56. The molecule has 172 valence electrons. The Hall–Kier alpha value is -4.02. The van der Waals surface area contributed by atoms with Gasteiger partial charge in [-0.2, -0.15) is 18.3 Å².